The molecule has 0 spiro atoms. The number of benzene rings is 2. The molecular formula is C17H13ClN2OS. The third kappa shape index (κ3) is 3.78. The van der Waals surface area contributed by atoms with Crippen LogP contribution in [0.5, 0.6) is 0 Å². The molecule has 1 amide bonds. The van der Waals surface area contributed by atoms with Crippen LogP contribution in [0.2, 0.25) is 5.02 Å². The normalized spacial score (nSPS) is 18.0. The molecule has 0 atom stereocenters. The minimum atomic E-state index is -0.119. The minimum absolute atomic E-state index is 0.119. The first-order valence-electron chi connectivity index (χ1n) is 6.75. The topological polar surface area (TPSA) is 41.5 Å². The Morgan fingerprint density at radius 3 is 2.55 bits per heavy atom. The van der Waals surface area contributed by atoms with Gasteiger partial charge in [0.1, 0.15) is 0 Å². The number of amidine groups is 1. The highest BCUT2D eigenvalue weighted by atomic mass is 35.5. The molecule has 1 aliphatic heterocycles. The van der Waals surface area contributed by atoms with Gasteiger partial charge in [0.05, 0.1) is 11.4 Å². The van der Waals surface area contributed by atoms with Crippen molar-refractivity contribution in [2.45, 2.75) is 6.54 Å². The summed E-state index contributed by atoms with van der Waals surface area (Å²) in [7, 11) is 0. The maximum Gasteiger partial charge on any atom is 0.264 e. The zero-order valence-corrected chi connectivity index (χ0v) is 13.2. The van der Waals surface area contributed by atoms with Gasteiger partial charge in [-0.15, -0.1) is 0 Å². The molecule has 1 heterocycles. The zero-order chi connectivity index (χ0) is 15.4. The molecular weight excluding hydrogens is 316 g/mol. The number of rotatable bonds is 3. The third-order valence-electron chi connectivity index (χ3n) is 3.07. The smallest absolute Gasteiger partial charge is 0.264 e. The Balaban J connectivity index is 1.71. The second kappa shape index (κ2) is 6.81. The quantitative estimate of drug-likeness (QED) is 0.862. The Kier molecular flexibility index (Phi) is 4.61. The van der Waals surface area contributed by atoms with Crippen molar-refractivity contribution in [3.63, 3.8) is 0 Å². The predicted octanol–water partition coefficient (Wildman–Crippen LogP) is 4.10. The highest BCUT2D eigenvalue weighted by Crippen LogP contribution is 2.26. The molecule has 1 saturated heterocycles. The van der Waals surface area contributed by atoms with Crippen molar-refractivity contribution >= 4 is 40.5 Å². The van der Waals surface area contributed by atoms with Crippen LogP contribution in [0.1, 0.15) is 11.1 Å². The number of hydrogen-bond donors (Lipinski definition) is 1. The summed E-state index contributed by atoms with van der Waals surface area (Å²) >= 11 is 7.21. The fraction of sp³-hybridized carbons (Fsp3) is 0.0588. The average molecular weight is 329 g/mol. The molecule has 1 fully saturated rings. The van der Waals surface area contributed by atoms with Gasteiger partial charge < -0.3 is 5.32 Å². The molecule has 0 aliphatic carbocycles. The van der Waals surface area contributed by atoms with Gasteiger partial charge in [-0.3, -0.25) is 9.79 Å². The molecule has 2 aromatic rings. The number of amides is 1. The first-order valence-corrected chi connectivity index (χ1v) is 7.95. The molecule has 3 nitrogen and oxygen atoms in total. The van der Waals surface area contributed by atoms with Crippen molar-refractivity contribution in [3.05, 3.63) is 75.7 Å². The van der Waals surface area contributed by atoms with Crippen molar-refractivity contribution in [2.75, 3.05) is 0 Å². The summed E-state index contributed by atoms with van der Waals surface area (Å²) in [6.45, 7) is 0.553. The van der Waals surface area contributed by atoms with E-state index in [0.717, 1.165) is 11.1 Å². The lowest BCUT2D eigenvalue weighted by Gasteiger charge is -1.97. The number of halogens is 1. The van der Waals surface area contributed by atoms with Gasteiger partial charge in [0.25, 0.3) is 5.91 Å². The summed E-state index contributed by atoms with van der Waals surface area (Å²) in [5, 5.41) is 4.10. The van der Waals surface area contributed by atoms with Gasteiger partial charge in [-0.2, -0.15) is 0 Å². The molecule has 0 saturated carbocycles. The van der Waals surface area contributed by atoms with Crippen LogP contribution in [0.3, 0.4) is 0 Å². The van der Waals surface area contributed by atoms with Crippen LogP contribution in [-0.2, 0) is 11.3 Å². The minimum Gasteiger partial charge on any atom is -0.301 e. The molecule has 0 bridgehead atoms. The number of nitrogens with one attached hydrogen (secondary N) is 1. The van der Waals surface area contributed by atoms with Crippen molar-refractivity contribution in [1.29, 1.82) is 0 Å². The molecule has 2 aromatic carbocycles. The molecule has 0 radical (unpaired) electrons. The fourth-order valence-electron chi connectivity index (χ4n) is 1.96. The molecule has 110 valence electrons. The second-order valence-corrected chi connectivity index (χ2v) is 6.19. The number of hydrogen-bond acceptors (Lipinski definition) is 3. The molecule has 5 heteroatoms. The molecule has 1 N–H and O–H groups in total. The van der Waals surface area contributed by atoms with Crippen LogP contribution in [0.15, 0.2) is 64.5 Å². The lowest BCUT2D eigenvalue weighted by molar-refractivity contribution is -0.115. The van der Waals surface area contributed by atoms with Crippen LogP contribution < -0.4 is 5.32 Å². The summed E-state index contributed by atoms with van der Waals surface area (Å²) in [5.74, 6) is -0.119. The largest absolute Gasteiger partial charge is 0.301 e. The number of thioether (sulfide) groups is 1. The van der Waals surface area contributed by atoms with Gasteiger partial charge in [-0.05, 0) is 41.1 Å². The van der Waals surface area contributed by atoms with Gasteiger partial charge >= 0.3 is 0 Å². The molecule has 0 unspecified atom stereocenters. The number of carbonyl (C=O) groups is 1. The SMILES string of the molecule is O=C1NC(=NCc2ccccc2)SC1=Cc1ccc(Cl)cc1. The van der Waals surface area contributed by atoms with E-state index in [-0.39, 0.29) is 5.91 Å². The maximum absolute atomic E-state index is 12.0. The Labute approximate surface area is 138 Å². The number of aliphatic imine (C=N–C) groups is 1. The molecule has 0 aromatic heterocycles. The number of carbonyl (C=O) groups excluding carboxylic acids is 1. The lowest BCUT2D eigenvalue weighted by atomic mass is 10.2. The highest BCUT2D eigenvalue weighted by Gasteiger charge is 2.23. The highest BCUT2D eigenvalue weighted by molar-refractivity contribution is 8.18. The van der Waals surface area contributed by atoms with Crippen molar-refractivity contribution in [3.8, 4) is 0 Å². The van der Waals surface area contributed by atoms with E-state index < -0.39 is 0 Å². The van der Waals surface area contributed by atoms with Gasteiger partial charge in [0.2, 0.25) is 0 Å². The van der Waals surface area contributed by atoms with Crippen LogP contribution in [-0.4, -0.2) is 11.1 Å². The monoisotopic (exact) mass is 328 g/mol. The zero-order valence-electron chi connectivity index (χ0n) is 11.6. The third-order valence-corrected chi connectivity index (χ3v) is 4.27. The van der Waals surface area contributed by atoms with E-state index in [2.05, 4.69) is 10.3 Å². The first-order chi connectivity index (χ1) is 10.7. The summed E-state index contributed by atoms with van der Waals surface area (Å²) < 4.78 is 0. The molecule has 1 aliphatic rings. The Morgan fingerprint density at radius 2 is 1.82 bits per heavy atom. The van der Waals surface area contributed by atoms with Crippen LogP contribution in [0.4, 0.5) is 0 Å². The van der Waals surface area contributed by atoms with E-state index in [4.69, 9.17) is 11.6 Å². The lowest BCUT2D eigenvalue weighted by Crippen LogP contribution is -2.19. The summed E-state index contributed by atoms with van der Waals surface area (Å²) in [5.41, 5.74) is 2.05. The first kappa shape index (κ1) is 14.9. The van der Waals surface area contributed by atoms with E-state index in [9.17, 15) is 4.79 Å². The summed E-state index contributed by atoms with van der Waals surface area (Å²) in [6, 6.07) is 17.3. The van der Waals surface area contributed by atoms with Crippen molar-refractivity contribution in [1.82, 2.24) is 5.32 Å². The summed E-state index contributed by atoms with van der Waals surface area (Å²) in [4.78, 5) is 17.0. The Hall–Kier alpha value is -2.04. The van der Waals surface area contributed by atoms with E-state index in [1.165, 1.54) is 11.8 Å². The average Bonchev–Trinajstić information content (AvgIpc) is 2.89. The van der Waals surface area contributed by atoms with Crippen LogP contribution in [0, 0.1) is 0 Å². The standard InChI is InChI=1S/C17H13ClN2OS/c18-14-8-6-12(7-9-14)10-15-16(21)20-17(22-15)19-11-13-4-2-1-3-5-13/h1-10H,11H2,(H,19,20,21). The van der Waals surface area contributed by atoms with Gasteiger partial charge in [-0.1, -0.05) is 54.1 Å². The predicted molar refractivity (Wildman–Crippen MR) is 92.7 cm³/mol. The molecule has 3 rings (SSSR count). The Morgan fingerprint density at radius 1 is 1.09 bits per heavy atom. The van der Waals surface area contributed by atoms with Crippen molar-refractivity contribution < 1.29 is 4.79 Å². The van der Waals surface area contributed by atoms with E-state index in [1.54, 1.807) is 12.1 Å². The maximum atomic E-state index is 12.0. The van der Waals surface area contributed by atoms with Gasteiger partial charge in [0, 0.05) is 5.02 Å². The van der Waals surface area contributed by atoms with E-state index >= 15 is 0 Å². The second-order valence-electron chi connectivity index (χ2n) is 4.72. The number of nitrogens with zero attached hydrogens (tertiary/aromatic N) is 1. The van der Waals surface area contributed by atoms with E-state index in [0.29, 0.717) is 21.6 Å². The Bertz CT molecular complexity index is 739. The molecule has 22 heavy (non-hydrogen) atoms. The fourth-order valence-corrected chi connectivity index (χ4v) is 2.90. The van der Waals surface area contributed by atoms with Gasteiger partial charge in [0.15, 0.2) is 5.17 Å². The van der Waals surface area contributed by atoms with Gasteiger partial charge in [-0.25, -0.2) is 0 Å². The summed E-state index contributed by atoms with van der Waals surface area (Å²) in [6.07, 6.45) is 1.83. The van der Waals surface area contributed by atoms with Crippen molar-refractivity contribution in [2.24, 2.45) is 4.99 Å². The van der Waals surface area contributed by atoms with E-state index in [1.807, 2.05) is 48.5 Å². The van der Waals surface area contributed by atoms with Crippen LogP contribution in [0.25, 0.3) is 6.08 Å². The van der Waals surface area contributed by atoms with Crippen LogP contribution >= 0.6 is 23.4 Å².